The molecule has 0 bridgehead atoms. The molecule has 2 atom stereocenters. The molecule has 2 amide bonds. The average Bonchev–Trinajstić information content (AvgIpc) is 3.25. The molecule has 2 N–H and O–H groups in total. The number of ether oxygens (including phenoxy) is 1. The molecule has 214 valence electrons. The summed E-state index contributed by atoms with van der Waals surface area (Å²) in [5, 5.41) is 9.24. The minimum Gasteiger partial charge on any atom is -0.445 e. The quantitative estimate of drug-likeness (QED) is 0.311. The van der Waals surface area contributed by atoms with E-state index in [4.69, 9.17) is 9.26 Å². The summed E-state index contributed by atoms with van der Waals surface area (Å²) in [4.78, 5) is 55.8. The maximum Gasteiger partial charge on any atom is 0.442 e. The van der Waals surface area contributed by atoms with Gasteiger partial charge in [0.15, 0.2) is 11.6 Å². The number of benzene rings is 1. The van der Waals surface area contributed by atoms with Crippen LogP contribution in [0.4, 0.5) is 4.79 Å². The van der Waals surface area contributed by atoms with Gasteiger partial charge in [-0.25, -0.2) is 9.59 Å². The molecule has 2 heterocycles. The fourth-order valence-electron chi connectivity index (χ4n) is 4.13. The highest BCUT2D eigenvalue weighted by Gasteiger charge is 2.29. The van der Waals surface area contributed by atoms with Crippen molar-refractivity contribution in [3.63, 3.8) is 0 Å². The number of aromatic nitrogens is 3. The minimum atomic E-state index is -0.913. The lowest BCUT2D eigenvalue weighted by molar-refractivity contribution is -0.129. The van der Waals surface area contributed by atoms with Crippen LogP contribution in [-0.4, -0.2) is 44.6 Å². The summed E-state index contributed by atoms with van der Waals surface area (Å²) in [6.45, 7) is 7.44. The van der Waals surface area contributed by atoms with E-state index >= 15 is 0 Å². The normalized spacial score (nSPS) is 12.7. The number of rotatable bonds is 14. The van der Waals surface area contributed by atoms with E-state index in [-0.39, 0.29) is 43.0 Å². The zero-order chi connectivity index (χ0) is 29.1. The van der Waals surface area contributed by atoms with Crippen molar-refractivity contribution in [1.82, 2.24) is 25.3 Å². The van der Waals surface area contributed by atoms with E-state index in [0.717, 1.165) is 10.1 Å². The van der Waals surface area contributed by atoms with Crippen molar-refractivity contribution < 1.29 is 23.6 Å². The molecule has 1 aromatic carbocycles. The Morgan fingerprint density at radius 3 is 2.25 bits per heavy atom. The van der Waals surface area contributed by atoms with Crippen LogP contribution >= 0.6 is 0 Å². The van der Waals surface area contributed by atoms with Crippen LogP contribution in [0.3, 0.4) is 0 Å². The third-order valence-electron chi connectivity index (χ3n) is 6.08. The van der Waals surface area contributed by atoms with Crippen LogP contribution in [0.1, 0.15) is 57.6 Å². The Bertz CT molecular complexity index is 1300. The predicted molar refractivity (Wildman–Crippen MR) is 147 cm³/mol. The molecule has 0 saturated carbocycles. The summed E-state index contributed by atoms with van der Waals surface area (Å²) in [6, 6.07) is 12.8. The number of ketones is 1. The molecule has 0 spiro atoms. The van der Waals surface area contributed by atoms with E-state index in [1.54, 1.807) is 18.3 Å². The number of Topliss-reactive ketones (excluding diaryl/α,β-unsaturated/α-hetero) is 1. The molecular formula is C29H37N5O6. The summed E-state index contributed by atoms with van der Waals surface area (Å²) < 4.78 is 11.3. The lowest BCUT2D eigenvalue weighted by Crippen LogP contribution is -2.53. The first-order valence-corrected chi connectivity index (χ1v) is 13.4. The number of amides is 2. The molecule has 11 heteroatoms. The summed E-state index contributed by atoms with van der Waals surface area (Å²) in [7, 11) is 0. The van der Waals surface area contributed by atoms with Gasteiger partial charge in [0, 0.05) is 11.9 Å². The molecule has 0 saturated heterocycles. The van der Waals surface area contributed by atoms with Crippen molar-refractivity contribution in [2.75, 3.05) is 0 Å². The lowest BCUT2D eigenvalue weighted by atomic mass is 9.98. The number of hydrogen-bond donors (Lipinski definition) is 2. The molecule has 0 radical (unpaired) electrons. The molecule has 0 aliphatic carbocycles. The van der Waals surface area contributed by atoms with E-state index in [0.29, 0.717) is 18.5 Å². The predicted octanol–water partition coefficient (Wildman–Crippen LogP) is 3.26. The average molecular weight is 552 g/mol. The van der Waals surface area contributed by atoms with Gasteiger partial charge >= 0.3 is 11.8 Å². The zero-order valence-corrected chi connectivity index (χ0v) is 23.3. The Morgan fingerprint density at radius 2 is 1.60 bits per heavy atom. The molecule has 0 aliphatic rings. The van der Waals surface area contributed by atoms with Gasteiger partial charge in [-0.2, -0.15) is 0 Å². The van der Waals surface area contributed by atoms with Crippen LogP contribution in [0.2, 0.25) is 0 Å². The maximum absolute atomic E-state index is 13.4. The standard InChI is InChI=1S/C29H37N5O6/c1-19(2)14-23(25(35)17-34-26(33-40-29(34)38)16-22-12-8-9-13-30-22)31-27(36)24(15-20(3)4)32-28(37)39-18-21-10-6-5-7-11-21/h5-13,19-20,23-24H,14-18H2,1-4H3,(H,31,36)(H,32,37)/t23-,24-/m0/s1. The summed E-state index contributed by atoms with van der Waals surface area (Å²) >= 11 is 0. The third kappa shape index (κ3) is 9.48. The Kier molecular flexibility index (Phi) is 11.2. The summed E-state index contributed by atoms with van der Waals surface area (Å²) in [6.07, 6.45) is 1.77. The van der Waals surface area contributed by atoms with Gasteiger partial charge in [-0.05, 0) is 42.4 Å². The number of carbonyl (C=O) groups is 3. The topological polar surface area (TPSA) is 145 Å². The van der Waals surface area contributed by atoms with Gasteiger partial charge < -0.3 is 15.4 Å². The van der Waals surface area contributed by atoms with Gasteiger partial charge in [-0.1, -0.05) is 69.2 Å². The Balaban J connectivity index is 1.69. The van der Waals surface area contributed by atoms with Crippen molar-refractivity contribution in [1.29, 1.82) is 0 Å². The van der Waals surface area contributed by atoms with E-state index in [2.05, 4.69) is 20.8 Å². The highest BCUT2D eigenvalue weighted by atomic mass is 16.5. The molecule has 40 heavy (non-hydrogen) atoms. The number of hydrogen-bond acceptors (Lipinski definition) is 8. The highest BCUT2D eigenvalue weighted by Crippen LogP contribution is 2.12. The van der Waals surface area contributed by atoms with Crippen LogP contribution in [-0.2, 0) is 33.9 Å². The first kappa shape index (κ1) is 30.3. The monoisotopic (exact) mass is 551 g/mol. The number of carbonyl (C=O) groups excluding carboxylic acids is 3. The van der Waals surface area contributed by atoms with Gasteiger partial charge in [0.05, 0.1) is 19.0 Å². The number of nitrogens with zero attached hydrogens (tertiary/aromatic N) is 3. The second-order valence-corrected chi connectivity index (χ2v) is 10.5. The lowest BCUT2D eigenvalue weighted by Gasteiger charge is -2.25. The Hall–Kier alpha value is -4.28. The number of nitrogens with one attached hydrogen (secondary N) is 2. The first-order valence-electron chi connectivity index (χ1n) is 13.4. The second-order valence-electron chi connectivity index (χ2n) is 10.5. The van der Waals surface area contributed by atoms with Gasteiger partial charge in [0.2, 0.25) is 5.91 Å². The van der Waals surface area contributed by atoms with Crippen LogP contribution in [0.25, 0.3) is 0 Å². The Morgan fingerprint density at radius 1 is 0.925 bits per heavy atom. The van der Waals surface area contributed by atoms with Gasteiger partial charge in [-0.15, -0.1) is 0 Å². The smallest absolute Gasteiger partial charge is 0.442 e. The molecule has 11 nitrogen and oxygen atoms in total. The third-order valence-corrected chi connectivity index (χ3v) is 6.08. The van der Waals surface area contributed by atoms with Crippen molar-refractivity contribution in [3.8, 4) is 0 Å². The van der Waals surface area contributed by atoms with Gasteiger partial charge in [0.1, 0.15) is 12.6 Å². The van der Waals surface area contributed by atoms with Crippen LogP contribution in [0.5, 0.6) is 0 Å². The molecule has 3 rings (SSSR count). The minimum absolute atomic E-state index is 0.0610. The van der Waals surface area contributed by atoms with Crippen LogP contribution in [0.15, 0.2) is 64.0 Å². The van der Waals surface area contributed by atoms with Crippen molar-refractivity contribution in [2.24, 2.45) is 11.8 Å². The number of pyridine rings is 1. The maximum atomic E-state index is 13.4. The van der Waals surface area contributed by atoms with Crippen molar-refractivity contribution >= 4 is 17.8 Å². The van der Waals surface area contributed by atoms with Crippen LogP contribution in [0, 0.1) is 11.8 Å². The largest absolute Gasteiger partial charge is 0.445 e. The fourth-order valence-corrected chi connectivity index (χ4v) is 4.13. The SMILES string of the molecule is CC(C)C[C@H](NC(=O)[C@H](CC(C)C)NC(=O)OCc1ccccc1)C(=O)Cn1c(Cc2ccccn2)noc1=O. The first-order chi connectivity index (χ1) is 19.1. The Labute approximate surface area is 233 Å². The molecule has 3 aromatic rings. The molecule has 0 unspecified atom stereocenters. The zero-order valence-electron chi connectivity index (χ0n) is 23.3. The van der Waals surface area contributed by atoms with E-state index in [1.165, 1.54) is 0 Å². The number of alkyl carbamates (subject to hydrolysis) is 1. The molecule has 0 fully saturated rings. The second kappa shape index (κ2) is 14.8. The van der Waals surface area contributed by atoms with Crippen molar-refractivity contribution in [2.45, 2.75) is 72.2 Å². The van der Waals surface area contributed by atoms with Crippen LogP contribution < -0.4 is 16.4 Å². The molecular weight excluding hydrogens is 514 g/mol. The molecule has 2 aromatic heterocycles. The van der Waals surface area contributed by atoms with E-state index < -0.39 is 29.8 Å². The molecule has 0 aliphatic heterocycles. The van der Waals surface area contributed by atoms with Gasteiger partial charge in [-0.3, -0.25) is 23.7 Å². The summed E-state index contributed by atoms with van der Waals surface area (Å²) in [5.74, 6) is -1.26. The van der Waals surface area contributed by atoms with Gasteiger partial charge in [0.25, 0.3) is 0 Å². The van der Waals surface area contributed by atoms with Crippen molar-refractivity contribution in [3.05, 3.63) is 82.4 Å². The summed E-state index contributed by atoms with van der Waals surface area (Å²) in [5.41, 5.74) is 1.47. The highest BCUT2D eigenvalue weighted by molar-refractivity contribution is 5.92. The van der Waals surface area contributed by atoms with E-state index in [1.807, 2.05) is 64.1 Å². The fraction of sp³-hybridized carbons (Fsp3) is 0.448. The van der Waals surface area contributed by atoms with E-state index in [9.17, 15) is 19.2 Å².